The van der Waals surface area contributed by atoms with Crippen molar-refractivity contribution in [1.82, 2.24) is 10.3 Å². The van der Waals surface area contributed by atoms with Crippen LogP contribution in [0.2, 0.25) is 5.02 Å². The number of aromatic nitrogens is 1. The molecule has 1 heterocycles. The Morgan fingerprint density at radius 1 is 1.03 bits per heavy atom. The van der Waals surface area contributed by atoms with Crippen LogP contribution in [0.25, 0.3) is 0 Å². The number of halogens is 1. The summed E-state index contributed by atoms with van der Waals surface area (Å²) in [6, 6.07) is 17.6. The van der Waals surface area contributed by atoms with Gasteiger partial charge in [0.15, 0.2) is 12.4 Å². The van der Waals surface area contributed by atoms with Crippen LogP contribution < -0.4 is 5.32 Å². The maximum atomic E-state index is 12.4. The van der Waals surface area contributed by atoms with Crippen LogP contribution in [0.15, 0.2) is 66.9 Å². The van der Waals surface area contributed by atoms with Crippen LogP contribution in [0.1, 0.15) is 44.9 Å². The van der Waals surface area contributed by atoms with Crippen molar-refractivity contribution < 1.29 is 19.1 Å². The van der Waals surface area contributed by atoms with Gasteiger partial charge in [0.2, 0.25) is 0 Å². The van der Waals surface area contributed by atoms with Gasteiger partial charge in [-0.15, -0.1) is 0 Å². The van der Waals surface area contributed by atoms with Crippen molar-refractivity contribution in [2.45, 2.75) is 13.0 Å². The Balaban J connectivity index is 1.67. The molecule has 3 aromatic rings. The summed E-state index contributed by atoms with van der Waals surface area (Å²) in [5.74, 6) is -1.34. The molecule has 29 heavy (non-hydrogen) atoms. The van der Waals surface area contributed by atoms with Gasteiger partial charge in [-0.2, -0.15) is 0 Å². The van der Waals surface area contributed by atoms with E-state index >= 15 is 0 Å². The molecule has 1 atom stereocenters. The van der Waals surface area contributed by atoms with Gasteiger partial charge in [0.1, 0.15) is 5.69 Å². The normalized spacial score (nSPS) is 11.5. The number of carbonyl (C=O) groups is 3. The minimum absolute atomic E-state index is 0.111. The maximum absolute atomic E-state index is 12.4. The summed E-state index contributed by atoms with van der Waals surface area (Å²) >= 11 is 5.96. The van der Waals surface area contributed by atoms with E-state index in [1.165, 1.54) is 19.2 Å². The Morgan fingerprint density at radius 3 is 2.31 bits per heavy atom. The number of rotatable bonds is 7. The smallest absolute Gasteiger partial charge is 0.355 e. The molecular formula is C22H19ClN2O4. The standard InChI is InChI=1S/C22H19ClN2O4/c1-14(26)17-11-19(24-12-17)22(28)29-13-20(27)25-21(15-5-3-2-4-6-15)16-7-9-18(23)10-8-16/h2-12,21,24H,13H2,1H3,(H,25,27)/t21-/m0/s1. The highest BCUT2D eigenvalue weighted by Gasteiger charge is 2.19. The molecular weight excluding hydrogens is 392 g/mol. The summed E-state index contributed by atoms with van der Waals surface area (Å²) in [4.78, 5) is 38.5. The largest absolute Gasteiger partial charge is 0.451 e. The molecule has 6 nitrogen and oxygen atoms in total. The fourth-order valence-corrected chi connectivity index (χ4v) is 2.91. The van der Waals surface area contributed by atoms with Crippen LogP contribution >= 0.6 is 11.6 Å². The molecule has 3 rings (SSSR count). The molecule has 0 bridgehead atoms. The predicted octanol–water partition coefficient (Wildman–Crippen LogP) is 3.93. The lowest BCUT2D eigenvalue weighted by Gasteiger charge is -2.20. The lowest BCUT2D eigenvalue weighted by molar-refractivity contribution is -0.124. The number of nitrogens with one attached hydrogen (secondary N) is 2. The second-order valence-corrected chi connectivity index (χ2v) is 6.83. The van der Waals surface area contributed by atoms with Crippen LogP contribution in [0, 0.1) is 0 Å². The van der Waals surface area contributed by atoms with E-state index in [-0.39, 0.29) is 11.5 Å². The van der Waals surface area contributed by atoms with Gasteiger partial charge < -0.3 is 15.0 Å². The Hall–Kier alpha value is -3.38. The number of hydrogen-bond donors (Lipinski definition) is 2. The van der Waals surface area contributed by atoms with Gasteiger partial charge in [-0.25, -0.2) is 4.79 Å². The van der Waals surface area contributed by atoms with Crippen LogP contribution in [0.3, 0.4) is 0 Å². The van der Waals surface area contributed by atoms with Crippen molar-refractivity contribution in [2.24, 2.45) is 0 Å². The first kappa shape index (κ1) is 20.4. The highest BCUT2D eigenvalue weighted by molar-refractivity contribution is 6.30. The number of esters is 1. The fourth-order valence-electron chi connectivity index (χ4n) is 2.79. The summed E-state index contributed by atoms with van der Waals surface area (Å²) < 4.78 is 5.06. The zero-order valence-corrected chi connectivity index (χ0v) is 16.4. The Kier molecular flexibility index (Phi) is 6.46. The number of aromatic amines is 1. The summed E-state index contributed by atoms with van der Waals surface area (Å²) in [6.45, 7) is 0.941. The minimum Gasteiger partial charge on any atom is -0.451 e. The van der Waals surface area contributed by atoms with Gasteiger partial charge in [0, 0.05) is 16.8 Å². The van der Waals surface area contributed by atoms with Crippen molar-refractivity contribution in [1.29, 1.82) is 0 Å². The van der Waals surface area contributed by atoms with Gasteiger partial charge in [0.25, 0.3) is 5.91 Å². The van der Waals surface area contributed by atoms with Gasteiger partial charge in [-0.3, -0.25) is 9.59 Å². The molecule has 2 N–H and O–H groups in total. The van der Waals surface area contributed by atoms with Gasteiger partial charge in [-0.1, -0.05) is 54.1 Å². The van der Waals surface area contributed by atoms with Gasteiger partial charge >= 0.3 is 5.97 Å². The van der Waals surface area contributed by atoms with Crippen LogP contribution in [0.4, 0.5) is 0 Å². The highest BCUT2D eigenvalue weighted by atomic mass is 35.5. The third kappa shape index (κ3) is 5.33. The van der Waals surface area contributed by atoms with Crippen LogP contribution in [-0.4, -0.2) is 29.3 Å². The van der Waals surface area contributed by atoms with Crippen molar-refractivity contribution in [3.05, 3.63) is 94.3 Å². The molecule has 148 valence electrons. The highest BCUT2D eigenvalue weighted by Crippen LogP contribution is 2.23. The maximum Gasteiger partial charge on any atom is 0.355 e. The van der Waals surface area contributed by atoms with E-state index in [9.17, 15) is 14.4 Å². The molecule has 0 fully saturated rings. The first-order valence-corrected chi connectivity index (χ1v) is 9.28. The quantitative estimate of drug-likeness (QED) is 0.456. The fraction of sp³-hybridized carbons (Fsp3) is 0.136. The Morgan fingerprint density at radius 2 is 1.69 bits per heavy atom. The molecule has 0 radical (unpaired) electrons. The van der Waals surface area contributed by atoms with E-state index in [1.54, 1.807) is 12.1 Å². The first-order chi connectivity index (χ1) is 13.9. The molecule has 0 aliphatic carbocycles. The summed E-state index contributed by atoms with van der Waals surface area (Å²) in [5.41, 5.74) is 2.20. The number of amides is 1. The summed E-state index contributed by atoms with van der Waals surface area (Å²) in [7, 11) is 0. The Labute approximate surface area is 172 Å². The summed E-state index contributed by atoms with van der Waals surface area (Å²) in [6.07, 6.45) is 1.42. The molecule has 0 spiro atoms. The van der Waals surface area contributed by atoms with Crippen molar-refractivity contribution >= 4 is 29.3 Å². The number of H-pyrrole nitrogens is 1. The van der Waals surface area contributed by atoms with E-state index in [1.807, 2.05) is 42.5 Å². The van der Waals surface area contributed by atoms with Crippen molar-refractivity contribution in [2.75, 3.05) is 6.61 Å². The molecule has 1 aromatic heterocycles. The molecule has 7 heteroatoms. The molecule has 0 aliphatic heterocycles. The predicted molar refractivity (Wildman–Crippen MR) is 109 cm³/mol. The molecule has 0 unspecified atom stereocenters. The molecule has 1 amide bonds. The second-order valence-electron chi connectivity index (χ2n) is 6.40. The molecule has 0 saturated heterocycles. The number of hydrogen-bond acceptors (Lipinski definition) is 4. The minimum atomic E-state index is -0.713. The SMILES string of the molecule is CC(=O)c1c[nH]c(C(=O)OCC(=O)N[C@@H](c2ccccc2)c2ccc(Cl)cc2)c1. The number of carbonyl (C=O) groups excluding carboxylic acids is 3. The zero-order chi connectivity index (χ0) is 20.8. The topological polar surface area (TPSA) is 88.3 Å². The molecule has 0 aliphatic rings. The van der Waals surface area contributed by atoms with Crippen molar-refractivity contribution in [3.63, 3.8) is 0 Å². The van der Waals surface area contributed by atoms with Crippen LogP contribution in [0.5, 0.6) is 0 Å². The summed E-state index contributed by atoms with van der Waals surface area (Å²) in [5, 5.41) is 3.47. The van der Waals surface area contributed by atoms with Gasteiger partial charge in [0.05, 0.1) is 6.04 Å². The van der Waals surface area contributed by atoms with E-state index in [0.717, 1.165) is 11.1 Å². The number of ketones is 1. The van der Waals surface area contributed by atoms with E-state index < -0.39 is 24.5 Å². The third-order valence-electron chi connectivity index (χ3n) is 4.29. The molecule has 2 aromatic carbocycles. The monoisotopic (exact) mass is 410 g/mol. The van der Waals surface area contributed by atoms with E-state index in [0.29, 0.717) is 10.6 Å². The second kappa shape index (κ2) is 9.21. The van der Waals surface area contributed by atoms with Crippen LogP contribution in [-0.2, 0) is 9.53 Å². The average molecular weight is 411 g/mol. The van der Waals surface area contributed by atoms with Gasteiger partial charge in [-0.05, 0) is 36.2 Å². The Bertz CT molecular complexity index is 1010. The lowest BCUT2D eigenvalue weighted by Crippen LogP contribution is -2.33. The molecule has 0 saturated carbocycles. The van der Waals surface area contributed by atoms with E-state index in [2.05, 4.69) is 10.3 Å². The number of benzene rings is 2. The van der Waals surface area contributed by atoms with E-state index in [4.69, 9.17) is 16.3 Å². The first-order valence-electron chi connectivity index (χ1n) is 8.90. The average Bonchev–Trinajstić information content (AvgIpc) is 3.22. The third-order valence-corrected chi connectivity index (χ3v) is 4.54. The zero-order valence-electron chi connectivity index (χ0n) is 15.6. The number of Topliss-reactive ketones (excluding diaryl/α,β-unsaturated/α-hetero) is 1. The number of ether oxygens (including phenoxy) is 1. The lowest BCUT2D eigenvalue weighted by atomic mass is 9.99. The van der Waals surface area contributed by atoms with Crippen molar-refractivity contribution in [3.8, 4) is 0 Å².